The van der Waals surface area contributed by atoms with E-state index in [9.17, 15) is 0 Å². The molecule has 0 saturated heterocycles. The Morgan fingerprint density at radius 2 is 2.31 bits per heavy atom. The minimum Gasteiger partial charge on any atom is -0.474 e. The van der Waals surface area contributed by atoms with Gasteiger partial charge in [-0.15, -0.1) is 11.3 Å². The molecule has 2 heterocycles. The zero-order chi connectivity index (χ0) is 9.26. The molecule has 13 heavy (non-hydrogen) atoms. The number of hydrogen-bond donors (Lipinski definition) is 0. The van der Waals surface area contributed by atoms with Gasteiger partial charge in [-0.2, -0.15) is 0 Å². The molecule has 0 aromatic carbocycles. The van der Waals surface area contributed by atoms with E-state index in [1.165, 1.54) is 0 Å². The molecule has 0 radical (unpaired) electrons. The van der Waals surface area contributed by atoms with Crippen LogP contribution in [0.25, 0.3) is 10.3 Å². The van der Waals surface area contributed by atoms with Crippen molar-refractivity contribution in [3.63, 3.8) is 0 Å². The van der Waals surface area contributed by atoms with E-state index < -0.39 is 0 Å². The molecule has 3 nitrogen and oxygen atoms in total. The van der Waals surface area contributed by atoms with Gasteiger partial charge >= 0.3 is 0 Å². The lowest BCUT2D eigenvalue weighted by atomic mass is 10.5. The van der Waals surface area contributed by atoms with Crippen molar-refractivity contribution in [3.05, 3.63) is 17.6 Å². The van der Waals surface area contributed by atoms with E-state index >= 15 is 0 Å². The molecule has 0 aliphatic rings. The lowest BCUT2D eigenvalue weighted by Gasteiger charge is -2.06. The number of hydrogen-bond acceptors (Lipinski definition) is 4. The SMILES string of the molecule is CC(C)Oc1cnc2sccc2n1. The van der Waals surface area contributed by atoms with Gasteiger partial charge in [-0.1, -0.05) is 0 Å². The monoisotopic (exact) mass is 194 g/mol. The Balaban J connectivity index is 2.37. The van der Waals surface area contributed by atoms with Crippen LogP contribution >= 0.6 is 11.3 Å². The maximum Gasteiger partial charge on any atom is 0.233 e. The molecule has 0 saturated carbocycles. The van der Waals surface area contributed by atoms with Crippen LogP contribution in [-0.4, -0.2) is 16.1 Å². The third-order valence-corrected chi connectivity index (χ3v) is 2.31. The van der Waals surface area contributed by atoms with Gasteiger partial charge in [-0.25, -0.2) is 9.97 Å². The fourth-order valence-corrected chi connectivity index (χ4v) is 1.71. The molecular weight excluding hydrogens is 184 g/mol. The second kappa shape index (κ2) is 3.30. The summed E-state index contributed by atoms with van der Waals surface area (Å²) in [7, 11) is 0. The van der Waals surface area contributed by atoms with Gasteiger partial charge in [0.15, 0.2) is 0 Å². The molecule has 4 heteroatoms. The first-order valence-corrected chi connectivity index (χ1v) is 5.00. The molecule has 0 aliphatic carbocycles. The van der Waals surface area contributed by atoms with Crippen LogP contribution in [0.1, 0.15) is 13.8 Å². The van der Waals surface area contributed by atoms with Gasteiger partial charge in [-0.3, -0.25) is 0 Å². The van der Waals surface area contributed by atoms with Gasteiger partial charge in [0.05, 0.1) is 12.3 Å². The zero-order valence-corrected chi connectivity index (χ0v) is 8.34. The van der Waals surface area contributed by atoms with Crippen molar-refractivity contribution in [2.45, 2.75) is 20.0 Å². The largest absolute Gasteiger partial charge is 0.474 e. The fraction of sp³-hybridized carbons (Fsp3) is 0.333. The number of ether oxygens (including phenoxy) is 1. The minimum absolute atomic E-state index is 0.144. The summed E-state index contributed by atoms with van der Waals surface area (Å²) in [5, 5.41) is 1.98. The van der Waals surface area contributed by atoms with Crippen molar-refractivity contribution in [1.82, 2.24) is 9.97 Å². The lowest BCUT2D eigenvalue weighted by Crippen LogP contribution is -2.06. The second-order valence-electron chi connectivity index (χ2n) is 2.99. The highest BCUT2D eigenvalue weighted by Gasteiger charge is 2.02. The van der Waals surface area contributed by atoms with E-state index in [-0.39, 0.29) is 6.10 Å². The summed E-state index contributed by atoms with van der Waals surface area (Å²) in [5.41, 5.74) is 0.906. The molecule has 2 aromatic heterocycles. The number of nitrogens with zero attached hydrogens (tertiary/aromatic N) is 2. The molecule has 0 amide bonds. The first-order chi connectivity index (χ1) is 6.25. The molecule has 0 atom stereocenters. The predicted molar refractivity (Wildman–Crippen MR) is 53.2 cm³/mol. The maximum atomic E-state index is 5.42. The standard InChI is InChI=1S/C9H10N2OS/c1-6(2)12-8-5-10-9-7(11-8)3-4-13-9/h3-6H,1-2H3. The average Bonchev–Trinajstić information content (AvgIpc) is 2.49. The Kier molecular flexibility index (Phi) is 2.14. The van der Waals surface area contributed by atoms with Gasteiger partial charge in [-0.05, 0) is 25.3 Å². The predicted octanol–water partition coefficient (Wildman–Crippen LogP) is 2.48. The van der Waals surface area contributed by atoms with Gasteiger partial charge in [0.25, 0.3) is 0 Å². The normalized spacial score (nSPS) is 11.0. The summed E-state index contributed by atoms with van der Waals surface area (Å²) < 4.78 is 5.42. The van der Waals surface area contributed by atoms with E-state index in [0.717, 1.165) is 10.3 Å². The number of thiophene rings is 1. The Morgan fingerprint density at radius 3 is 3.08 bits per heavy atom. The van der Waals surface area contributed by atoms with Crippen LogP contribution in [0.5, 0.6) is 5.88 Å². The summed E-state index contributed by atoms with van der Waals surface area (Å²) >= 11 is 1.59. The fourth-order valence-electron chi connectivity index (χ4n) is 1.04. The van der Waals surface area contributed by atoms with E-state index in [0.29, 0.717) is 5.88 Å². The summed E-state index contributed by atoms with van der Waals surface area (Å²) in [6, 6.07) is 1.94. The average molecular weight is 194 g/mol. The first kappa shape index (κ1) is 8.44. The van der Waals surface area contributed by atoms with Gasteiger partial charge < -0.3 is 4.74 Å². The summed E-state index contributed by atoms with van der Waals surface area (Å²) in [6.45, 7) is 3.94. The topological polar surface area (TPSA) is 35.0 Å². The van der Waals surface area contributed by atoms with Crippen LogP contribution in [0, 0.1) is 0 Å². The van der Waals surface area contributed by atoms with E-state index in [4.69, 9.17) is 4.74 Å². The Hall–Kier alpha value is -1.16. The maximum absolute atomic E-state index is 5.42. The smallest absolute Gasteiger partial charge is 0.233 e. The molecule has 0 unspecified atom stereocenters. The molecule has 2 rings (SSSR count). The van der Waals surface area contributed by atoms with E-state index in [1.807, 2.05) is 25.3 Å². The summed E-state index contributed by atoms with van der Waals surface area (Å²) in [4.78, 5) is 9.48. The molecular formula is C9H10N2OS. The molecule has 0 spiro atoms. The van der Waals surface area contributed by atoms with Gasteiger partial charge in [0.1, 0.15) is 10.3 Å². The number of rotatable bonds is 2. The van der Waals surface area contributed by atoms with Crippen LogP contribution in [0.3, 0.4) is 0 Å². The van der Waals surface area contributed by atoms with Crippen LogP contribution in [-0.2, 0) is 0 Å². The zero-order valence-electron chi connectivity index (χ0n) is 7.52. The minimum atomic E-state index is 0.144. The molecule has 2 aromatic rings. The molecule has 0 fully saturated rings. The highest BCUT2D eigenvalue weighted by molar-refractivity contribution is 7.16. The van der Waals surface area contributed by atoms with Crippen LogP contribution in [0.4, 0.5) is 0 Å². The quantitative estimate of drug-likeness (QED) is 0.736. The molecule has 0 bridgehead atoms. The van der Waals surface area contributed by atoms with Crippen molar-refractivity contribution in [2.24, 2.45) is 0 Å². The van der Waals surface area contributed by atoms with Crippen LogP contribution in [0.15, 0.2) is 17.6 Å². The van der Waals surface area contributed by atoms with Crippen molar-refractivity contribution in [3.8, 4) is 5.88 Å². The Labute approximate surface area is 80.4 Å². The van der Waals surface area contributed by atoms with Gasteiger partial charge in [0.2, 0.25) is 5.88 Å². The number of aromatic nitrogens is 2. The summed E-state index contributed by atoms with van der Waals surface area (Å²) in [6.07, 6.45) is 1.81. The van der Waals surface area contributed by atoms with E-state index in [2.05, 4.69) is 9.97 Å². The Bertz CT molecular complexity index is 411. The molecule has 0 N–H and O–H groups in total. The summed E-state index contributed by atoms with van der Waals surface area (Å²) in [5.74, 6) is 0.598. The van der Waals surface area contributed by atoms with Crippen LogP contribution in [0.2, 0.25) is 0 Å². The highest BCUT2D eigenvalue weighted by atomic mass is 32.1. The Morgan fingerprint density at radius 1 is 1.46 bits per heavy atom. The lowest BCUT2D eigenvalue weighted by molar-refractivity contribution is 0.232. The van der Waals surface area contributed by atoms with E-state index in [1.54, 1.807) is 17.5 Å². The molecule has 0 aliphatic heterocycles. The second-order valence-corrected chi connectivity index (χ2v) is 3.88. The van der Waals surface area contributed by atoms with Gasteiger partial charge in [0, 0.05) is 0 Å². The third-order valence-electron chi connectivity index (χ3n) is 1.50. The first-order valence-electron chi connectivity index (χ1n) is 4.12. The number of fused-ring (bicyclic) bond motifs is 1. The van der Waals surface area contributed by atoms with Crippen molar-refractivity contribution < 1.29 is 4.74 Å². The highest BCUT2D eigenvalue weighted by Crippen LogP contribution is 2.18. The van der Waals surface area contributed by atoms with Crippen molar-refractivity contribution in [1.29, 1.82) is 0 Å². The van der Waals surface area contributed by atoms with Crippen molar-refractivity contribution >= 4 is 21.7 Å². The third kappa shape index (κ3) is 1.78. The van der Waals surface area contributed by atoms with Crippen molar-refractivity contribution in [2.75, 3.05) is 0 Å². The molecule has 68 valence electrons. The van der Waals surface area contributed by atoms with Crippen LogP contribution < -0.4 is 4.74 Å².